The van der Waals surface area contributed by atoms with E-state index >= 15 is 0 Å². The summed E-state index contributed by atoms with van der Waals surface area (Å²) in [5.74, 6) is -0.346. The van der Waals surface area contributed by atoms with Gasteiger partial charge in [0, 0.05) is 43.5 Å². The average Bonchev–Trinajstić information content (AvgIpc) is 3.08. The summed E-state index contributed by atoms with van der Waals surface area (Å²) >= 11 is 1.42. The summed E-state index contributed by atoms with van der Waals surface area (Å²) in [7, 11) is 0. The lowest BCUT2D eigenvalue weighted by atomic mass is 10.2. The van der Waals surface area contributed by atoms with Crippen molar-refractivity contribution in [3.8, 4) is 0 Å². The molecule has 2 N–H and O–H groups in total. The highest BCUT2D eigenvalue weighted by Crippen LogP contribution is 2.19. The second-order valence-electron chi connectivity index (χ2n) is 7.02. The Bertz CT molecular complexity index is 786. The van der Waals surface area contributed by atoms with Gasteiger partial charge in [0.15, 0.2) is 5.13 Å². The third-order valence-corrected chi connectivity index (χ3v) is 5.16. The number of thiazole rings is 1. The normalized spacial score (nSPS) is 19.9. The van der Waals surface area contributed by atoms with Gasteiger partial charge in [-0.2, -0.15) is 0 Å². The Hall–Kier alpha value is -2.29. The van der Waals surface area contributed by atoms with Crippen molar-refractivity contribution in [2.45, 2.75) is 39.0 Å². The largest absolute Gasteiger partial charge is 0.373 e. The lowest BCUT2D eigenvalue weighted by molar-refractivity contribution is -0.116. The van der Waals surface area contributed by atoms with Crippen molar-refractivity contribution >= 4 is 28.3 Å². The van der Waals surface area contributed by atoms with Crippen LogP contribution in [0.5, 0.6) is 0 Å². The highest BCUT2D eigenvalue weighted by molar-refractivity contribution is 7.13. The second-order valence-corrected chi connectivity index (χ2v) is 7.87. The number of nitrogens with zero attached hydrogens (tertiary/aromatic N) is 2. The van der Waals surface area contributed by atoms with E-state index in [1.807, 2.05) is 11.4 Å². The number of ether oxygens (including phenoxy) is 1. The molecule has 0 aliphatic carbocycles. The SMILES string of the molecule is CC1CN(Cc2csc(NC(=O)CCNC(=O)c3ccccc3)n2)CC(C)O1. The standard InChI is InChI=1S/C20H26N4O3S/c1-14-10-24(11-15(2)27-14)12-17-13-28-20(22-17)23-18(25)8-9-21-19(26)16-6-4-3-5-7-16/h3-7,13-15H,8-12H2,1-2H3,(H,21,26)(H,22,23,25). The Morgan fingerprint density at radius 1 is 1.21 bits per heavy atom. The van der Waals surface area contributed by atoms with E-state index in [2.05, 4.69) is 34.4 Å². The number of hydrogen-bond donors (Lipinski definition) is 2. The van der Waals surface area contributed by atoms with Gasteiger partial charge in [-0.05, 0) is 26.0 Å². The molecule has 8 heteroatoms. The number of amides is 2. The number of aromatic nitrogens is 1. The van der Waals surface area contributed by atoms with Crippen molar-refractivity contribution in [1.82, 2.24) is 15.2 Å². The van der Waals surface area contributed by atoms with E-state index in [1.54, 1.807) is 24.3 Å². The Balaban J connectivity index is 1.40. The van der Waals surface area contributed by atoms with Crippen LogP contribution in [-0.2, 0) is 16.1 Å². The molecule has 2 amide bonds. The lowest BCUT2D eigenvalue weighted by Gasteiger charge is -2.34. The van der Waals surface area contributed by atoms with Crippen LogP contribution in [0.4, 0.5) is 5.13 Å². The minimum absolute atomic E-state index is 0.164. The highest BCUT2D eigenvalue weighted by Gasteiger charge is 2.22. The number of carbonyl (C=O) groups excluding carboxylic acids is 2. The molecule has 1 aliphatic heterocycles. The highest BCUT2D eigenvalue weighted by atomic mass is 32.1. The maximum Gasteiger partial charge on any atom is 0.251 e. The third-order valence-electron chi connectivity index (χ3n) is 4.35. The molecule has 1 saturated heterocycles. The second kappa shape index (κ2) is 9.77. The van der Waals surface area contributed by atoms with Gasteiger partial charge in [-0.3, -0.25) is 14.5 Å². The minimum Gasteiger partial charge on any atom is -0.373 e. The topological polar surface area (TPSA) is 83.6 Å². The molecule has 2 unspecified atom stereocenters. The van der Waals surface area contributed by atoms with Crippen LogP contribution in [0, 0.1) is 0 Å². The van der Waals surface area contributed by atoms with E-state index in [9.17, 15) is 9.59 Å². The third kappa shape index (κ3) is 6.12. The zero-order valence-corrected chi connectivity index (χ0v) is 17.0. The maximum atomic E-state index is 12.1. The molecular formula is C20H26N4O3S. The number of nitrogens with one attached hydrogen (secondary N) is 2. The molecule has 7 nitrogen and oxygen atoms in total. The monoisotopic (exact) mass is 402 g/mol. The first-order chi connectivity index (χ1) is 13.5. The maximum absolute atomic E-state index is 12.1. The van der Waals surface area contributed by atoms with Crippen LogP contribution in [0.3, 0.4) is 0 Å². The zero-order chi connectivity index (χ0) is 19.9. The van der Waals surface area contributed by atoms with Crippen LogP contribution < -0.4 is 10.6 Å². The van der Waals surface area contributed by atoms with Gasteiger partial charge < -0.3 is 15.4 Å². The van der Waals surface area contributed by atoms with Gasteiger partial charge in [-0.1, -0.05) is 18.2 Å². The molecule has 2 atom stereocenters. The predicted octanol–water partition coefficient (Wildman–Crippen LogP) is 2.51. The van der Waals surface area contributed by atoms with Gasteiger partial charge in [-0.15, -0.1) is 11.3 Å². The van der Waals surface area contributed by atoms with Gasteiger partial charge in [0.25, 0.3) is 5.91 Å². The van der Waals surface area contributed by atoms with E-state index in [0.29, 0.717) is 10.7 Å². The fourth-order valence-electron chi connectivity index (χ4n) is 3.24. The van der Waals surface area contributed by atoms with E-state index in [0.717, 1.165) is 25.3 Å². The molecule has 1 fully saturated rings. The van der Waals surface area contributed by atoms with E-state index in [4.69, 9.17) is 4.74 Å². The first-order valence-corrected chi connectivity index (χ1v) is 10.3. The fraction of sp³-hybridized carbons (Fsp3) is 0.450. The van der Waals surface area contributed by atoms with Crippen LogP contribution in [-0.4, -0.2) is 53.5 Å². The first-order valence-electron chi connectivity index (χ1n) is 9.45. The van der Waals surface area contributed by atoms with Crippen LogP contribution in [0.1, 0.15) is 36.3 Å². The molecule has 2 heterocycles. The van der Waals surface area contributed by atoms with Gasteiger partial charge >= 0.3 is 0 Å². The van der Waals surface area contributed by atoms with Crippen LogP contribution in [0.2, 0.25) is 0 Å². The summed E-state index contributed by atoms with van der Waals surface area (Å²) in [6.07, 6.45) is 0.631. The number of rotatable bonds is 7. The van der Waals surface area contributed by atoms with E-state index < -0.39 is 0 Å². The fourth-order valence-corrected chi connectivity index (χ4v) is 3.96. The first kappa shape index (κ1) is 20.4. The number of morpholine rings is 1. The predicted molar refractivity (Wildman–Crippen MR) is 109 cm³/mol. The average molecular weight is 403 g/mol. The quantitative estimate of drug-likeness (QED) is 0.744. The lowest BCUT2D eigenvalue weighted by Crippen LogP contribution is -2.44. The van der Waals surface area contributed by atoms with E-state index in [1.165, 1.54) is 11.3 Å². The Morgan fingerprint density at radius 2 is 1.93 bits per heavy atom. The molecule has 28 heavy (non-hydrogen) atoms. The number of carbonyl (C=O) groups is 2. The Kier molecular flexibility index (Phi) is 7.13. The van der Waals surface area contributed by atoms with Gasteiger partial charge in [-0.25, -0.2) is 4.98 Å². The molecule has 1 aromatic carbocycles. The molecule has 0 spiro atoms. The molecule has 3 rings (SSSR count). The number of anilines is 1. The van der Waals surface area contributed by atoms with Crippen LogP contribution in [0.25, 0.3) is 0 Å². The molecule has 1 aromatic heterocycles. The van der Waals surface area contributed by atoms with Crippen LogP contribution >= 0.6 is 11.3 Å². The summed E-state index contributed by atoms with van der Waals surface area (Å²) in [5.41, 5.74) is 1.53. The number of benzene rings is 1. The van der Waals surface area contributed by atoms with Crippen LogP contribution in [0.15, 0.2) is 35.7 Å². The van der Waals surface area contributed by atoms with Crippen molar-refractivity contribution in [2.24, 2.45) is 0 Å². The van der Waals surface area contributed by atoms with Gasteiger partial charge in [0.2, 0.25) is 5.91 Å². The van der Waals surface area contributed by atoms with Gasteiger partial charge in [0.05, 0.1) is 17.9 Å². The molecule has 1 aliphatic rings. The Morgan fingerprint density at radius 3 is 2.64 bits per heavy atom. The van der Waals surface area contributed by atoms with Crippen molar-refractivity contribution < 1.29 is 14.3 Å². The molecule has 2 aromatic rings. The number of hydrogen-bond acceptors (Lipinski definition) is 6. The summed E-state index contributed by atoms with van der Waals surface area (Å²) < 4.78 is 5.75. The molecule has 0 saturated carbocycles. The summed E-state index contributed by atoms with van der Waals surface area (Å²) in [4.78, 5) is 30.9. The molecule has 0 radical (unpaired) electrons. The van der Waals surface area contributed by atoms with Crippen molar-refractivity contribution in [2.75, 3.05) is 25.0 Å². The summed E-state index contributed by atoms with van der Waals surface area (Å²) in [6, 6.07) is 8.94. The minimum atomic E-state index is -0.182. The summed E-state index contributed by atoms with van der Waals surface area (Å²) in [6.45, 7) is 6.94. The van der Waals surface area contributed by atoms with E-state index in [-0.39, 0.29) is 37.0 Å². The Labute approximate surface area is 169 Å². The zero-order valence-electron chi connectivity index (χ0n) is 16.2. The molecule has 150 valence electrons. The summed E-state index contributed by atoms with van der Waals surface area (Å²) in [5, 5.41) is 8.11. The van der Waals surface area contributed by atoms with Crippen molar-refractivity contribution in [3.05, 3.63) is 47.0 Å². The van der Waals surface area contributed by atoms with Crippen molar-refractivity contribution in [1.29, 1.82) is 0 Å². The van der Waals surface area contributed by atoms with Gasteiger partial charge in [0.1, 0.15) is 0 Å². The molecular weight excluding hydrogens is 376 g/mol. The van der Waals surface area contributed by atoms with Crippen molar-refractivity contribution in [3.63, 3.8) is 0 Å². The molecule has 0 bridgehead atoms. The smallest absolute Gasteiger partial charge is 0.251 e.